The summed E-state index contributed by atoms with van der Waals surface area (Å²) >= 11 is 0. The highest BCUT2D eigenvalue weighted by molar-refractivity contribution is 5.87. The Kier molecular flexibility index (Phi) is 6.31. The topological polar surface area (TPSA) is 0 Å². The van der Waals surface area contributed by atoms with Crippen molar-refractivity contribution in [2.24, 2.45) is 0 Å². The second-order valence-corrected chi connectivity index (χ2v) is 11.3. The van der Waals surface area contributed by atoms with Crippen LogP contribution >= 0.6 is 0 Å². The van der Waals surface area contributed by atoms with Crippen LogP contribution in [0.5, 0.6) is 0 Å². The van der Waals surface area contributed by atoms with Gasteiger partial charge in [0.25, 0.3) is 0 Å². The molecule has 0 nitrogen and oxygen atoms in total. The van der Waals surface area contributed by atoms with E-state index < -0.39 is 0 Å². The van der Waals surface area contributed by atoms with E-state index in [9.17, 15) is 0 Å². The van der Waals surface area contributed by atoms with Crippen molar-refractivity contribution in [1.82, 2.24) is 0 Å². The van der Waals surface area contributed by atoms with E-state index in [-0.39, 0.29) is 5.92 Å². The van der Waals surface area contributed by atoms with Crippen LogP contribution < -0.4 is 0 Å². The quantitative estimate of drug-likeness (QED) is 0.201. The van der Waals surface area contributed by atoms with Crippen LogP contribution in [-0.2, 0) is 0 Å². The molecule has 0 bridgehead atoms. The first-order chi connectivity index (χ1) is 21.3. The molecule has 0 amide bonds. The maximum atomic E-state index is 2.43. The van der Waals surface area contributed by atoms with E-state index in [1.165, 1.54) is 72.3 Å². The maximum absolute atomic E-state index is 2.43. The Labute approximate surface area is 253 Å². The molecule has 1 atom stereocenters. The van der Waals surface area contributed by atoms with Gasteiger partial charge < -0.3 is 0 Å². The molecule has 0 radical (unpaired) electrons. The lowest BCUT2D eigenvalue weighted by Gasteiger charge is -2.19. The van der Waals surface area contributed by atoms with Gasteiger partial charge in [0.2, 0.25) is 0 Å². The molecule has 1 unspecified atom stereocenters. The van der Waals surface area contributed by atoms with Gasteiger partial charge in [0, 0.05) is 5.92 Å². The van der Waals surface area contributed by atoms with Crippen molar-refractivity contribution < 1.29 is 0 Å². The van der Waals surface area contributed by atoms with E-state index in [0.29, 0.717) is 0 Å². The number of benzene rings is 7. The molecule has 0 aromatic heterocycles. The molecule has 7 aromatic rings. The minimum absolute atomic E-state index is 0.129. The monoisotopic (exact) mass is 546 g/mol. The van der Waals surface area contributed by atoms with Crippen LogP contribution in [0.25, 0.3) is 55.6 Å². The van der Waals surface area contributed by atoms with Crippen molar-refractivity contribution >= 4 is 0 Å². The molecule has 0 fully saturated rings. The second kappa shape index (κ2) is 10.7. The zero-order chi connectivity index (χ0) is 28.6. The molecule has 8 rings (SSSR count). The Morgan fingerprint density at radius 1 is 0.256 bits per heavy atom. The minimum Gasteiger partial charge on any atom is -0.0622 e. The number of rotatable bonds is 5. The first-order valence-electron chi connectivity index (χ1n) is 15.0. The fourth-order valence-electron chi connectivity index (χ4n) is 6.65. The normalized spacial score (nSPS) is 13.3. The highest BCUT2D eigenvalue weighted by Gasteiger charge is 2.31. The summed E-state index contributed by atoms with van der Waals surface area (Å²) in [5.74, 6) is 0.129. The molecule has 0 spiro atoms. The lowest BCUT2D eigenvalue weighted by Crippen LogP contribution is -2.01. The second-order valence-electron chi connectivity index (χ2n) is 11.3. The summed E-state index contributed by atoms with van der Waals surface area (Å²) in [6.45, 7) is 0. The molecule has 202 valence electrons. The number of fused-ring (bicyclic) bond motifs is 3. The summed E-state index contributed by atoms with van der Waals surface area (Å²) < 4.78 is 0. The van der Waals surface area contributed by atoms with Gasteiger partial charge in [0.1, 0.15) is 0 Å². The van der Waals surface area contributed by atoms with E-state index in [4.69, 9.17) is 0 Å². The third kappa shape index (κ3) is 4.68. The minimum atomic E-state index is 0.129. The summed E-state index contributed by atoms with van der Waals surface area (Å²) in [6.07, 6.45) is 0. The van der Waals surface area contributed by atoms with E-state index in [1.54, 1.807) is 0 Å². The van der Waals surface area contributed by atoms with E-state index in [2.05, 4.69) is 176 Å². The SMILES string of the molecule is c1ccc(-c2cc(-c3ccccc3)cc(C3c4ccc(-c5ccccc5)cc4-c4ccc(-c5ccccc5)cc43)c2)cc1. The molecular weight excluding hydrogens is 516 g/mol. The first kappa shape index (κ1) is 25.3. The van der Waals surface area contributed by atoms with Crippen molar-refractivity contribution in [3.05, 3.63) is 193 Å². The summed E-state index contributed by atoms with van der Waals surface area (Å²) in [5.41, 5.74) is 16.6. The van der Waals surface area contributed by atoms with Gasteiger partial charge in [0.05, 0.1) is 0 Å². The summed E-state index contributed by atoms with van der Waals surface area (Å²) in [7, 11) is 0. The molecule has 1 aliphatic carbocycles. The fourth-order valence-corrected chi connectivity index (χ4v) is 6.65. The Morgan fingerprint density at radius 3 is 1.21 bits per heavy atom. The van der Waals surface area contributed by atoms with Gasteiger partial charge in [-0.25, -0.2) is 0 Å². The smallest absolute Gasteiger partial charge is 0.0352 e. The van der Waals surface area contributed by atoms with Crippen molar-refractivity contribution in [2.45, 2.75) is 5.92 Å². The van der Waals surface area contributed by atoms with Gasteiger partial charge in [-0.15, -0.1) is 0 Å². The molecule has 0 N–H and O–H groups in total. The zero-order valence-corrected chi connectivity index (χ0v) is 23.8. The highest BCUT2D eigenvalue weighted by Crippen LogP contribution is 2.51. The largest absolute Gasteiger partial charge is 0.0622 e. The van der Waals surface area contributed by atoms with Gasteiger partial charge in [-0.1, -0.05) is 158 Å². The van der Waals surface area contributed by atoms with Crippen molar-refractivity contribution in [2.75, 3.05) is 0 Å². The third-order valence-electron chi connectivity index (χ3n) is 8.73. The van der Waals surface area contributed by atoms with Crippen LogP contribution in [0.1, 0.15) is 22.6 Å². The molecule has 0 saturated carbocycles. The third-order valence-corrected chi connectivity index (χ3v) is 8.73. The van der Waals surface area contributed by atoms with Crippen molar-refractivity contribution in [3.8, 4) is 55.6 Å². The zero-order valence-electron chi connectivity index (χ0n) is 23.8. The van der Waals surface area contributed by atoms with Gasteiger partial charge in [0.15, 0.2) is 0 Å². The van der Waals surface area contributed by atoms with Crippen molar-refractivity contribution in [1.29, 1.82) is 0 Å². The van der Waals surface area contributed by atoms with Crippen LogP contribution in [0.4, 0.5) is 0 Å². The molecule has 0 aliphatic heterocycles. The molecule has 43 heavy (non-hydrogen) atoms. The Bertz CT molecular complexity index is 1980. The highest BCUT2D eigenvalue weighted by atomic mass is 14.3. The first-order valence-corrected chi connectivity index (χ1v) is 15.0. The Morgan fingerprint density at radius 2 is 0.698 bits per heavy atom. The molecule has 0 saturated heterocycles. The number of hydrogen-bond donors (Lipinski definition) is 0. The fraction of sp³-hybridized carbons (Fsp3) is 0.0233. The predicted octanol–water partition coefficient (Wildman–Crippen LogP) is 11.5. The van der Waals surface area contributed by atoms with Crippen LogP contribution in [0.2, 0.25) is 0 Å². The van der Waals surface area contributed by atoms with E-state index in [1.807, 2.05) is 0 Å². The van der Waals surface area contributed by atoms with Crippen LogP contribution in [0, 0.1) is 0 Å². The summed E-state index contributed by atoms with van der Waals surface area (Å²) in [4.78, 5) is 0. The van der Waals surface area contributed by atoms with Gasteiger partial charge >= 0.3 is 0 Å². The van der Waals surface area contributed by atoms with Gasteiger partial charge in [-0.3, -0.25) is 0 Å². The summed E-state index contributed by atoms with van der Waals surface area (Å²) in [5, 5.41) is 0. The molecule has 0 heterocycles. The average molecular weight is 547 g/mol. The van der Waals surface area contributed by atoms with Crippen molar-refractivity contribution in [3.63, 3.8) is 0 Å². The van der Waals surface area contributed by atoms with E-state index in [0.717, 1.165) is 0 Å². The van der Waals surface area contributed by atoms with Gasteiger partial charge in [-0.2, -0.15) is 0 Å². The molecule has 1 aliphatic rings. The van der Waals surface area contributed by atoms with Crippen LogP contribution in [-0.4, -0.2) is 0 Å². The van der Waals surface area contributed by atoms with Crippen LogP contribution in [0.3, 0.4) is 0 Å². The molecule has 0 heteroatoms. The average Bonchev–Trinajstić information content (AvgIpc) is 3.42. The lowest BCUT2D eigenvalue weighted by molar-refractivity contribution is 1.02. The standard InChI is InChI=1S/C43H30/c1-5-13-30(14-6-1)34-22-24-40-41(28-34)39-23-21-35(31-15-7-2-8-16-31)29-42(39)43(40)38-26-36(32-17-9-3-10-18-32)25-37(27-38)33-19-11-4-12-20-33/h1-29,43H. The Hall–Kier alpha value is -5.46. The summed E-state index contributed by atoms with van der Waals surface area (Å²) in [6, 6.07) is 64.2. The molecular formula is C43H30. The number of hydrogen-bond acceptors (Lipinski definition) is 0. The Balaban J connectivity index is 1.36. The van der Waals surface area contributed by atoms with Crippen LogP contribution in [0.15, 0.2) is 176 Å². The van der Waals surface area contributed by atoms with E-state index >= 15 is 0 Å². The van der Waals surface area contributed by atoms with Gasteiger partial charge in [-0.05, 0) is 90.5 Å². The molecule has 7 aromatic carbocycles. The predicted molar refractivity (Wildman–Crippen MR) is 181 cm³/mol. The lowest BCUT2D eigenvalue weighted by atomic mass is 9.84. The maximum Gasteiger partial charge on any atom is 0.0352 e.